The van der Waals surface area contributed by atoms with Crippen LogP contribution in [0.5, 0.6) is 0 Å². The molecule has 0 aliphatic heterocycles. The van der Waals surface area contributed by atoms with E-state index in [9.17, 15) is 9.59 Å². The normalized spacial score (nSPS) is 10.3. The zero-order valence-corrected chi connectivity index (χ0v) is 11.8. The molecule has 21 heavy (non-hydrogen) atoms. The lowest BCUT2D eigenvalue weighted by atomic mass is 10.1. The van der Waals surface area contributed by atoms with Gasteiger partial charge in [0.1, 0.15) is 5.76 Å². The lowest BCUT2D eigenvalue weighted by Crippen LogP contribution is -2.33. The second-order valence-corrected chi connectivity index (χ2v) is 4.76. The molecular weight excluding hydrogens is 270 g/mol. The monoisotopic (exact) mass is 287 g/mol. The molecular formula is C16H17NO4. The van der Waals surface area contributed by atoms with Crippen LogP contribution < -0.4 is 0 Å². The largest absolute Gasteiger partial charge is 0.481 e. The molecule has 0 spiro atoms. The van der Waals surface area contributed by atoms with Crippen LogP contribution in [-0.4, -0.2) is 28.4 Å². The van der Waals surface area contributed by atoms with E-state index in [-0.39, 0.29) is 25.4 Å². The molecule has 5 nitrogen and oxygen atoms in total. The number of hydrogen-bond donors (Lipinski definition) is 1. The van der Waals surface area contributed by atoms with Crippen molar-refractivity contribution in [2.75, 3.05) is 6.54 Å². The number of hydrogen-bond acceptors (Lipinski definition) is 3. The van der Waals surface area contributed by atoms with Gasteiger partial charge in [-0.2, -0.15) is 0 Å². The smallest absolute Gasteiger partial charge is 0.305 e. The van der Waals surface area contributed by atoms with Gasteiger partial charge in [-0.3, -0.25) is 9.59 Å². The zero-order chi connectivity index (χ0) is 15.2. The van der Waals surface area contributed by atoms with Crippen molar-refractivity contribution in [3.05, 3.63) is 59.5 Å². The molecule has 2 aromatic rings. The predicted octanol–water partition coefficient (Wildman–Crippen LogP) is 2.71. The van der Waals surface area contributed by atoms with E-state index < -0.39 is 5.97 Å². The molecule has 0 saturated heterocycles. The molecule has 0 aliphatic rings. The van der Waals surface area contributed by atoms with Gasteiger partial charge in [0.05, 0.1) is 19.2 Å². The van der Waals surface area contributed by atoms with E-state index in [2.05, 4.69) is 0 Å². The highest BCUT2D eigenvalue weighted by Gasteiger charge is 2.19. The van der Waals surface area contributed by atoms with E-state index in [1.54, 1.807) is 24.3 Å². The third-order valence-corrected chi connectivity index (χ3v) is 3.19. The van der Waals surface area contributed by atoms with Gasteiger partial charge in [0, 0.05) is 12.1 Å². The summed E-state index contributed by atoms with van der Waals surface area (Å²) in [6.45, 7) is 2.26. The number of aliphatic carboxylic acids is 1. The molecule has 0 atom stereocenters. The highest BCUT2D eigenvalue weighted by Crippen LogP contribution is 2.14. The number of nitrogens with zero attached hydrogens (tertiary/aromatic N) is 1. The summed E-state index contributed by atoms with van der Waals surface area (Å²) in [4.78, 5) is 24.9. The Labute approximate surface area is 122 Å². The van der Waals surface area contributed by atoms with Crippen molar-refractivity contribution in [2.45, 2.75) is 19.9 Å². The molecule has 2 rings (SSSR count). The third-order valence-electron chi connectivity index (χ3n) is 3.19. The Hall–Kier alpha value is -2.56. The maximum atomic E-state index is 12.6. The van der Waals surface area contributed by atoms with Crippen LogP contribution in [0.2, 0.25) is 0 Å². The zero-order valence-electron chi connectivity index (χ0n) is 11.8. The lowest BCUT2D eigenvalue weighted by molar-refractivity contribution is -0.137. The minimum absolute atomic E-state index is 0.0989. The van der Waals surface area contributed by atoms with Crippen LogP contribution in [0.25, 0.3) is 0 Å². The van der Waals surface area contributed by atoms with Crippen molar-refractivity contribution < 1.29 is 19.1 Å². The Morgan fingerprint density at radius 3 is 2.57 bits per heavy atom. The van der Waals surface area contributed by atoms with E-state index in [0.29, 0.717) is 11.3 Å². The number of amides is 1. The lowest BCUT2D eigenvalue weighted by Gasteiger charge is -2.21. The third kappa shape index (κ3) is 3.95. The molecule has 5 heteroatoms. The van der Waals surface area contributed by atoms with E-state index in [1.807, 2.05) is 19.1 Å². The summed E-state index contributed by atoms with van der Waals surface area (Å²) < 4.78 is 5.25. The topological polar surface area (TPSA) is 70.8 Å². The summed E-state index contributed by atoms with van der Waals surface area (Å²) >= 11 is 0. The number of aryl methyl sites for hydroxylation is 1. The van der Waals surface area contributed by atoms with Gasteiger partial charge in [0.25, 0.3) is 5.91 Å². The van der Waals surface area contributed by atoms with E-state index >= 15 is 0 Å². The second kappa shape index (κ2) is 6.74. The Morgan fingerprint density at radius 2 is 1.95 bits per heavy atom. The number of carbonyl (C=O) groups is 2. The minimum Gasteiger partial charge on any atom is -0.481 e. The minimum atomic E-state index is -0.933. The van der Waals surface area contributed by atoms with Crippen LogP contribution in [0.4, 0.5) is 0 Å². The molecule has 0 unspecified atom stereocenters. The second-order valence-electron chi connectivity index (χ2n) is 4.76. The van der Waals surface area contributed by atoms with Crippen LogP contribution >= 0.6 is 0 Å². The predicted molar refractivity (Wildman–Crippen MR) is 76.9 cm³/mol. The SMILES string of the molecule is Cc1ccccc1C(=O)N(CCC(=O)O)Cc1ccco1. The van der Waals surface area contributed by atoms with Gasteiger partial charge in [-0.15, -0.1) is 0 Å². The molecule has 1 aromatic carbocycles. The number of benzene rings is 1. The van der Waals surface area contributed by atoms with Crippen molar-refractivity contribution >= 4 is 11.9 Å². The number of furan rings is 1. The first-order valence-electron chi connectivity index (χ1n) is 6.67. The van der Waals surface area contributed by atoms with Gasteiger partial charge in [0.2, 0.25) is 0 Å². The Morgan fingerprint density at radius 1 is 1.19 bits per heavy atom. The van der Waals surface area contributed by atoms with Crippen molar-refractivity contribution in [3.63, 3.8) is 0 Å². The van der Waals surface area contributed by atoms with E-state index in [1.165, 1.54) is 11.2 Å². The van der Waals surface area contributed by atoms with Crippen LogP contribution in [0.3, 0.4) is 0 Å². The van der Waals surface area contributed by atoms with Gasteiger partial charge in [-0.05, 0) is 30.7 Å². The molecule has 1 N–H and O–H groups in total. The van der Waals surface area contributed by atoms with Gasteiger partial charge in [0.15, 0.2) is 0 Å². The summed E-state index contributed by atoms with van der Waals surface area (Å²) in [5, 5.41) is 8.83. The first-order valence-corrected chi connectivity index (χ1v) is 6.67. The average molecular weight is 287 g/mol. The van der Waals surface area contributed by atoms with E-state index in [0.717, 1.165) is 5.56 Å². The van der Waals surface area contributed by atoms with Crippen LogP contribution in [-0.2, 0) is 11.3 Å². The number of carbonyl (C=O) groups excluding carboxylic acids is 1. The first-order chi connectivity index (χ1) is 10.1. The van der Waals surface area contributed by atoms with Crippen LogP contribution in [0.1, 0.15) is 28.1 Å². The van der Waals surface area contributed by atoms with Gasteiger partial charge >= 0.3 is 5.97 Å². The highest BCUT2D eigenvalue weighted by atomic mass is 16.4. The van der Waals surface area contributed by atoms with Crippen LogP contribution in [0, 0.1) is 6.92 Å². The summed E-state index contributed by atoms with van der Waals surface area (Å²) in [7, 11) is 0. The average Bonchev–Trinajstić information content (AvgIpc) is 2.96. The molecule has 1 aromatic heterocycles. The Bertz CT molecular complexity index is 619. The van der Waals surface area contributed by atoms with Crippen molar-refractivity contribution in [1.82, 2.24) is 4.90 Å². The summed E-state index contributed by atoms with van der Waals surface area (Å²) in [5.41, 5.74) is 1.44. The molecule has 0 saturated carbocycles. The summed E-state index contributed by atoms with van der Waals surface area (Å²) in [5.74, 6) is -0.495. The van der Waals surface area contributed by atoms with Gasteiger partial charge in [-0.1, -0.05) is 18.2 Å². The fraction of sp³-hybridized carbons (Fsp3) is 0.250. The fourth-order valence-electron chi connectivity index (χ4n) is 2.06. The maximum absolute atomic E-state index is 12.6. The Balaban J connectivity index is 2.19. The summed E-state index contributed by atoms with van der Waals surface area (Å²) in [6, 6.07) is 10.8. The quantitative estimate of drug-likeness (QED) is 0.886. The molecule has 0 radical (unpaired) electrons. The van der Waals surface area contributed by atoms with Gasteiger partial charge in [-0.25, -0.2) is 0 Å². The number of carboxylic acids is 1. The molecule has 110 valence electrons. The Kier molecular flexibility index (Phi) is 4.77. The van der Waals surface area contributed by atoms with Crippen LogP contribution in [0.15, 0.2) is 47.1 Å². The summed E-state index contributed by atoms with van der Waals surface area (Å²) in [6.07, 6.45) is 1.43. The standard InChI is InChI=1S/C16H17NO4/c1-12-5-2-3-7-14(12)16(20)17(9-8-15(18)19)11-13-6-4-10-21-13/h2-7,10H,8-9,11H2,1H3,(H,18,19). The van der Waals surface area contributed by atoms with E-state index in [4.69, 9.17) is 9.52 Å². The highest BCUT2D eigenvalue weighted by molar-refractivity contribution is 5.95. The molecule has 1 amide bonds. The van der Waals surface area contributed by atoms with Crippen molar-refractivity contribution in [1.29, 1.82) is 0 Å². The van der Waals surface area contributed by atoms with Crippen molar-refractivity contribution in [3.8, 4) is 0 Å². The molecule has 0 aliphatic carbocycles. The first kappa shape index (κ1) is 14.8. The molecule has 1 heterocycles. The number of rotatable bonds is 6. The number of carboxylic acid groups (broad SMARTS) is 1. The molecule has 0 fully saturated rings. The van der Waals surface area contributed by atoms with Crippen molar-refractivity contribution in [2.24, 2.45) is 0 Å². The maximum Gasteiger partial charge on any atom is 0.305 e. The van der Waals surface area contributed by atoms with Gasteiger partial charge < -0.3 is 14.4 Å². The molecule has 0 bridgehead atoms. The fourth-order valence-corrected chi connectivity index (χ4v) is 2.06.